The number of carboxylic acid groups (broad SMARTS) is 1. The molecule has 9 heteroatoms. The monoisotopic (exact) mass is 342 g/mol. The molecule has 8 nitrogen and oxygen atoms in total. The number of piperidine rings is 1. The molecule has 23 heavy (non-hydrogen) atoms. The average molecular weight is 342 g/mol. The van der Waals surface area contributed by atoms with E-state index in [2.05, 4.69) is 0 Å². The van der Waals surface area contributed by atoms with Crippen LogP contribution in [0.5, 0.6) is 0 Å². The number of carbonyl (C=O) groups is 1. The maximum atomic E-state index is 12.8. The Morgan fingerprint density at radius 1 is 1.26 bits per heavy atom. The summed E-state index contributed by atoms with van der Waals surface area (Å²) >= 11 is 0. The van der Waals surface area contributed by atoms with Crippen LogP contribution in [0.4, 0.5) is 5.69 Å². The molecule has 1 heterocycles. The first-order chi connectivity index (χ1) is 10.7. The van der Waals surface area contributed by atoms with E-state index in [0.29, 0.717) is 5.56 Å². The van der Waals surface area contributed by atoms with Gasteiger partial charge in [-0.3, -0.25) is 14.9 Å². The Bertz CT molecular complexity index is 751. The lowest BCUT2D eigenvalue weighted by atomic mass is 9.99. The lowest BCUT2D eigenvalue weighted by Gasteiger charge is -2.29. The molecule has 1 fully saturated rings. The summed E-state index contributed by atoms with van der Waals surface area (Å²) < 4.78 is 26.8. The summed E-state index contributed by atoms with van der Waals surface area (Å²) in [5, 5.41) is 20.3. The molecule has 0 amide bonds. The molecule has 1 aliphatic rings. The van der Waals surface area contributed by atoms with Crippen LogP contribution in [0, 0.1) is 29.9 Å². The topological polar surface area (TPSA) is 118 Å². The highest BCUT2D eigenvalue weighted by Crippen LogP contribution is 2.34. The van der Waals surface area contributed by atoms with Crippen molar-refractivity contribution in [3.8, 4) is 0 Å². The summed E-state index contributed by atoms with van der Waals surface area (Å²) in [6.07, 6.45) is 0.403. The first kappa shape index (κ1) is 17.4. The van der Waals surface area contributed by atoms with E-state index in [1.807, 2.05) is 0 Å². The maximum Gasteiger partial charge on any atom is 0.306 e. The van der Waals surface area contributed by atoms with Crippen LogP contribution in [0.1, 0.15) is 24.0 Å². The molecule has 1 N–H and O–H groups in total. The number of hydrogen-bond donors (Lipinski definition) is 1. The Morgan fingerprint density at radius 3 is 2.26 bits per heavy atom. The Labute approximate surface area is 133 Å². The third-order valence-corrected chi connectivity index (χ3v) is 6.19. The molecule has 0 saturated carbocycles. The highest BCUT2D eigenvalue weighted by molar-refractivity contribution is 7.89. The zero-order valence-corrected chi connectivity index (χ0v) is 13.7. The fraction of sp³-hybridized carbons (Fsp3) is 0.500. The van der Waals surface area contributed by atoms with Gasteiger partial charge < -0.3 is 5.11 Å². The van der Waals surface area contributed by atoms with Gasteiger partial charge in [0, 0.05) is 18.7 Å². The molecule has 0 radical (unpaired) electrons. The second-order valence-electron chi connectivity index (χ2n) is 5.65. The number of nitrogens with zero attached hydrogens (tertiary/aromatic N) is 2. The van der Waals surface area contributed by atoms with Crippen molar-refractivity contribution in [3.63, 3.8) is 0 Å². The molecule has 1 aromatic carbocycles. The van der Waals surface area contributed by atoms with Gasteiger partial charge in [-0.05, 0) is 32.3 Å². The second kappa shape index (κ2) is 6.25. The Balaban J connectivity index is 2.44. The van der Waals surface area contributed by atoms with E-state index >= 15 is 0 Å². The third kappa shape index (κ3) is 3.20. The van der Waals surface area contributed by atoms with E-state index < -0.39 is 32.5 Å². The molecule has 126 valence electrons. The van der Waals surface area contributed by atoms with Crippen molar-refractivity contribution in [2.75, 3.05) is 13.1 Å². The van der Waals surface area contributed by atoms with Crippen LogP contribution >= 0.6 is 0 Å². The quantitative estimate of drug-likeness (QED) is 0.657. The molecule has 0 spiro atoms. The standard InChI is InChI=1S/C14H18N2O6S/c1-9-3-4-10(2)13(12(9)16(19)20)23(21,22)15-7-5-11(6-8-15)14(17)18/h3-4,11H,5-8H2,1-2H3,(H,17,18). The lowest BCUT2D eigenvalue weighted by Crippen LogP contribution is -2.40. The van der Waals surface area contributed by atoms with Crippen LogP contribution in [0.2, 0.25) is 0 Å². The van der Waals surface area contributed by atoms with Gasteiger partial charge in [-0.1, -0.05) is 12.1 Å². The predicted molar refractivity (Wildman–Crippen MR) is 81.7 cm³/mol. The molecule has 0 atom stereocenters. The Kier molecular flexibility index (Phi) is 4.71. The van der Waals surface area contributed by atoms with Gasteiger partial charge in [-0.15, -0.1) is 0 Å². The van der Waals surface area contributed by atoms with Crippen LogP contribution in [-0.4, -0.2) is 41.8 Å². The predicted octanol–water partition coefficient (Wildman–Crippen LogP) is 1.70. The van der Waals surface area contributed by atoms with Crippen LogP contribution in [0.25, 0.3) is 0 Å². The highest BCUT2D eigenvalue weighted by Gasteiger charge is 2.37. The Hall–Kier alpha value is -2.00. The third-order valence-electron chi connectivity index (χ3n) is 4.11. The largest absolute Gasteiger partial charge is 0.481 e. The highest BCUT2D eigenvalue weighted by atomic mass is 32.2. The van der Waals surface area contributed by atoms with Gasteiger partial charge in [-0.2, -0.15) is 4.31 Å². The zero-order valence-electron chi connectivity index (χ0n) is 12.9. The van der Waals surface area contributed by atoms with Gasteiger partial charge in [0.05, 0.1) is 10.8 Å². The lowest BCUT2D eigenvalue weighted by molar-refractivity contribution is -0.388. The van der Waals surface area contributed by atoms with Crippen molar-refractivity contribution < 1.29 is 23.2 Å². The number of benzene rings is 1. The van der Waals surface area contributed by atoms with E-state index in [1.54, 1.807) is 6.07 Å². The number of carboxylic acids is 1. The molecule has 1 aliphatic heterocycles. The molecule has 1 aromatic rings. The minimum absolute atomic E-state index is 0.0455. The molecular formula is C14H18N2O6S. The van der Waals surface area contributed by atoms with E-state index in [-0.39, 0.29) is 36.4 Å². The fourth-order valence-corrected chi connectivity index (χ4v) is 4.70. The number of aliphatic carboxylic acids is 1. The molecule has 2 rings (SSSR count). The number of rotatable bonds is 4. The van der Waals surface area contributed by atoms with Gasteiger partial charge in [0.1, 0.15) is 0 Å². The summed E-state index contributed by atoms with van der Waals surface area (Å²) in [5.74, 6) is -1.52. The second-order valence-corrected chi connectivity index (χ2v) is 7.53. The van der Waals surface area contributed by atoms with E-state index in [0.717, 1.165) is 4.31 Å². The first-order valence-electron chi connectivity index (χ1n) is 7.13. The smallest absolute Gasteiger partial charge is 0.306 e. The van der Waals surface area contributed by atoms with Crippen LogP contribution in [0.3, 0.4) is 0 Å². The number of nitro benzene ring substituents is 1. The van der Waals surface area contributed by atoms with Gasteiger partial charge in [-0.25, -0.2) is 8.42 Å². The van der Waals surface area contributed by atoms with Gasteiger partial charge in [0.2, 0.25) is 10.0 Å². The minimum Gasteiger partial charge on any atom is -0.481 e. The molecule has 0 aliphatic carbocycles. The van der Waals surface area contributed by atoms with Gasteiger partial charge in [0.25, 0.3) is 5.69 Å². The van der Waals surface area contributed by atoms with Crippen molar-refractivity contribution in [3.05, 3.63) is 33.4 Å². The SMILES string of the molecule is Cc1ccc(C)c(S(=O)(=O)N2CCC(C(=O)O)CC2)c1[N+](=O)[O-]. The Morgan fingerprint density at radius 2 is 1.78 bits per heavy atom. The molecule has 0 unspecified atom stereocenters. The number of aryl methyl sites for hydroxylation is 2. The molecule has 0 aromatic heterocycles. The maximum absolute atomic E-state index is 12.8. The average Bonchev–Trinajstić information content (AvgIpc) is 2.48. The van der Waals surface area contributed by atoms with Crippen LogP contribution in [-0.2, 0) is 14.8 Å². The fourth-order valence-electron chi connectivity index (χ4n) is 2.80. The summed E-state index contributed by atoms with van der Waals surface area (Å²) in [6, 6.07) is 3.06. The van der Waals surface area contributed by atoms with Crippen molar-refractivity contribution in [2.45, 2.75) is 31.6 Å². The normalized spacial score (nSPS) is 17.1. The summed E-state index contributed by atoms with van der Waals surface area (Å²) in [7, 11) is -4.04. The number of hydrogen-bond acceptors (Lipinski definition) is 5. The zero-order chi connectivity index (χ0) is 17.4. The van der Waals surface area contributed by atoms with Gasteiger partial charge >= 0.3 is 5.97 Å². The molecule has 1 saturated heterocycles. The molecular weight excluding hydrogens is 324 g/mol. The van der Waals surface area contributed by atoms with Crippen molar-refractivity contribution in [1.82, 2.24) is 4.31 Å². The van der Waals surface area contributed by atoms with Crippen molar-refractivity contribution in [1.29, 1.82) is 0 Å². The molecule has 0 bridgehead atoms. The van der Waals surface area contributed by atoms with E-state index in [9.17, 15) is 23.3 Å². The van der Waals surface area contributed by atoms with Crippen molar-refractivity contribution >= 4 is 21.7 Å². The van der Waals surface area contributed by atoms with E-state index in [4.69, 9.17) is 5.11 Å². The number of nitro groups is 1. The van der Waals surface area contributed by atoms with Crippen LogP contribution in [0.15, 0.2) is 17.0 Å². The summed E-state index contributed by atoms with van der Waals surface area (Å²) in [6.45, 7) is 3.10. The van der Waals surface area contributed by atoms with Gasteiger partial charge in [0.15, 0.2) is 4.90 Å². The number of sulfonamides is 1. The summed E-state index contributed by atoms with van der Waals surface area (Å²) in [5.41, 5.74) is 0.174. The summed E-state index contributed by atoms with van der Waals surface area (Å²) in [4.78, 5) is 21.3. The van der Waals surface area contributed by atoms with Crippen molar-refractivity contribution in [2.24, 2.45) is 5.92 Å². The minimum atomic E-state index is -4.04. The first-order valence-corrected chi connectivity index (χ1v) is 8.57. The van der Waals surface area contributed by atoms with E-state index in [1.165, 1.54) is 19.9 Å². The van der Waals surface area contributed by atoms with Crippen LogP contribution < -0.4 is 0 Å².